The predicted octanol–water partition coefficient (Wildman–Crippen LogP) is 2.03. The van der Waals surface area contributed by atoms with E-state index in [1.54, 1.807) is 0 Å². The van der Waals surface area contributed by atoms with Crippen molar-refractivity contribution in [1.29, 1.82) is 0 Å². The molecular formula is C13H20F3NO3. The quantitative estimate of drug-likeness (QED) is 0.792. The number of carbonyl (C=O) groups excluding carboxylic acids is 1. The summed E-state index contributed by atoms with van der Waals surface area (Å²) in [5.41, 5.74) is -2.39. The fourth-order valence-corrected chi connectivity index (χ4v) is 2.93. The van der Waals surface area contributed by atoms with Crippen LogP contribution in [0.25, 0.3) is 0 Å². The Labute approximate surface area is 116 Å². The van der Waals surface area contributed by atoms with Gasteiger partial charge in [0.05, 0.1) is 12.2 Å². The summed E-state index contributed by atoms with van der Waals surface area (Å²) < 4.78 is 50.3. The van der Waals surface area contributed by atoms with Crippen molar-refractivity contribution in [1.82, 2.24) is 5.32 Å². The zero-order chi connectivity index (χ0) is 15.0. The third-order valence-electron chi connectivity index (χ3n) is 4.02. The molecular weight excluding hydrogens is 275 g/mol. The first-order chi connectivity index (χ1) is 9.24. The standard InChI is InChI=1S/C13H20F3NO3/c1-8-5-10(6-9(2)19-8)20-11(18)12(13(14,15)16)3-4-17-7-12/h8-10,17H,3-7H2,1-2H3. The average molecular weight is 295 g/mol. The SMILES string of the molecule is CC1CC(OC(=O)C2(C(F)(F)F)CCNC2)CC(C)O1. The molecule has 20 heavy (non-hydrogen) atoms. The molecule has 2 saturated heterocycles. The summed E-state index contributed by atoms with van der Waals surface area (Å²) in [5.74, 6) is -1.15. The average Bonchev–Trinajstić information content (AvgIpc) is 2.76. The van der Waals surface area contributed by atoms with Crippen LogP contribution in [0.15, 0.2) is 0 Å². The molecule has 0 aromatic rings. The lowest BCUT2D eigenvalue weighted by molar-refractivity contribution is -0.234. The minimum Gasteiger partial charge on any atom is -0.461 e. The molecule has 4 nitrogen and oxygen atoms in total. The van der Waals surface area contributed by atoms with Gasteiger partial charge in [0.2, 0.25) is 0 Å². The van der Waals surface area contributed by atoms with Crippen LogP contribution in [0.4, 0.5) is 13.2 Å². The van der Waals surface area contributed by atoms with Crippen LogP contribution in [0.3, 0.4) is 0 Å². The van der Waals surface area contributed by atoms with E-state index in [4.69, 9.17) is 9.47 Å². The van der Waals surface area contributed by atoms with Gasteiger partial charge in [-0.25, -0.2) is 0 Å². The molecule has 3 atom stereocenters. The third kappa shape index (κ3) is 2.93. The summed E-state index contributed by atoms with van der Waals surface area (Å²) in [5, 5.41) is 2.61. The minimum atomic E-state index is -4.59. The van der Waals surface area contributed by atoms with Crippen molar-refractivity contribution in [2.75, 3.05) is 13.1 Å². The Balaban J connectivity index is 2.06. The zero-order valence-electron chi connectivity index (χ0n) is 11.6. The normalized spacial score (nSPS) is 38.8. The van der Waals surface area contributed by atoms with Gasteiger partial charge in [-0.15, -0.1) is 0 Å². The smallest absolute Gasteiger partial charge is 0.406 e. The molecule has 0 spiro atoms. The van der Waals surface area contributed by atoms with Crippen LogP contribution in [0.5, 0.6) is 0 Å². The topological polar surface area (TPSA) is 47.6 Å². The lowest BCUT2D eigenvalue weighted by Crippen LogP contribution is -2.49. The van der Waals surface area contributed by atoms with Crippen LogP contribution in [0, 0.1) is 5.41 Å². The number of halogens is 3. The van der Waals surface area contributed by atoms with Gasteiger partial charge in [-0.2, -0.15) is 13.2 Å². The summed E-state index contributed by atoms with van der Waals surface area (Å²) in [4.78, 5) is 12.1. The monoisotopic (exact) mass is 295 g/mol. The van der Waals surface area contributed by atoms with Crippen LogP contribution in [-0.2, 0) is 14.3 Å². The molecule has 0 saturated carbocycles. The summed E-state index contributed by atoms with van der Waals surface area (Å²) in [6, 6.07) is 0. The maximum Gasteiger partial charge on any atom is 0.406 e. The van der Waals surface area contributed by atoms with E-state index >= 15 is 0 Å². The highest BCUT2D eigenvalue weighted by Crippen LogP contribution is 2.44. The predicted molar refractivity (Wildman–Crippen MR) is 65.1 cm³/mol. The zero-order valence-corrected chi connectivity index (χ0v) is 11.6. The van der Waals surface area contributed by atoms with Gasteiger partial charge >= 0.3 is 12.1 Å². The Hall–Kier alpha value is -0.820. The Bertz CT molecular complexity index is 356. The first-order valence-electron chi connectivity index (χ1n) is 6.88. The number of esters is 1. The number of rotatable bonds is 2. The van der Waals surface area contributed by atoms with Crippen molar-refractivity contribution >= 4 is 5.97 Å². The van der Waals surface area contributed by atoms with Gasteiger partial charge in [-0.3, -0.25) is 4.79 Å². The Morgan fingerprint density at radius 1 is 1.30 bits per heavy atom. The number of hydrogen-bond donors (Lipinski definition) is 1. The van der Waals surface area contributed by atoms with E-state index in [0.717, 1.165) is 0 Å². The van der Waals surface area contributed by atoms with Gasteiger partial charge in [-0.1, -0.05) is 0 Å². The molecule has 116 valence electrons. The van der Waals surface area contributed by atoms with E-state index in [1.165, 1.54) is 0 Å². The number of hydrogen-bond acceptors (Lipinski definition) is 4. The van der Waals surface area contributed by atoms with E-state index in [-0.39, 0.29) is 25.2 Å². The van der Waals surface area contributed by atoms with Gasteiger partial charge in [0.15, 0.2) is 5.41 Å². The molecule has 2 fully saturated rings. The van der Waals surface area contributed by atoms with E-state index < -0.39 is 30.2 Å². The highest BCUT2D eigenvalue weighted by atomic mass is 19.4. The molecule has 2 heterocycles. The first-order valence-corrected chi connectivity index (χ1v) is 6.88. The van der Waals surface area contributed by atoms with Crippen LogP contribution in [0.1, 0.15) is 33.1 Å². The molecule has 0 radical (unpaired) electrons. The first kappa shape index (κ1) is 15.6. The number of alkyl halides is 3. The molecule has 0 amide bonds. The van der Waals surface area contributed by atoms with Crippen molar-refractivity contribution in [3.05, 3.63) is 0 Å². The molecule has 2 aliphatic heterocycles. The summed E-state index contributed by atoms with van der Waals surface area (Å²) in [6.45, 7) is 3.43. The van der Waals surface area contributed by atoms with Gasteiger partial charge in [0, 0.05) is 19.4 Å². The van der Waals surface area contributed by atoms with Gasteiger partial charge in [0.25, 0.3) is 0 Å². The second-order valence-corrected chi connectivity index (χ2v) is 5.76. The lowest BCUT2D eigenvalue weighted by Gasteiger charge is -2.35. The molecule has 7 heteroatoms. The van der Waals surface area contributed by atoms with Gasteiger partial charge < -0.3 is 14.8 Å². The number of ether oxygens (including phenoxy) is 2. The lowest BCUT2D eigenvalue weighted by atomic mass is 9.86. The van der Waals surface area contributed by atoms with Crippen molar-refractivity contribution in [3.63, 3.8) is 0 Å². The van der Waals surface area contributed by atoms with E-state index in [9.17, 15) is 18.0 Å². The van der Waals surface area contributed by atoms with Crippen LogP contribution < -0.4 is 5.32 Å². The molecule has 0 bridgehead atoms. The summed E-state index contributed by atoms with van der Waals surface area (Å²) >= 11 is 0. The molecule has 0 aliphatic carbocycles. The van der Waals surface area contributed by atoms with Crippen molar-refractivity contribution in [2.24, 2.45) is 5.41 Å². The van der Waals surface area contributed by atoms with Gasteiger partial charge in [0.1, 0.15) is 6.10 Å². The molecule has 1 N–H and O–H groups in total. The fourth-order valence-electron chi connectivity index (χ4n) is 2.93. The molecule has 2 aliphatic rings. The van der Waals surface area contributed by atoms with Crippen molar-refractivity contribution < 1.29 is 27.4 Å². The van der Waals surface area contributed by atoms with E-state index in [2.05, 4.69) is 5.32 Å². The maximum atomic E-state index is 13.2. The minimum absolute atomic E-state index is 0.111. The van der Waals surface area contributed by atoms with Crippen molar-refractivity contribution in [3.8, 4) is 0 Å². The maximum absolute atomic E-state index is 13.2. The highest BCUT2D eigenvalue weighted by molar-refractivity contribution is 5.79. The molecule has 0 aromatic carbocycles. The second kappa shape index (κ2) is 5.52. The highest BCUT2D eigenvalue weighted by Gasteiger charge is 2.63. The fraction of sp³-hybridized carbons (Fsp3) is 0.923. The van der Waals surface area contributed by atoms with Gasteiger partial charge in [-0.05, 0) is 26.8 Å². The number of carbonyl (C=O) groups is 1. The van der Waals surface area contributed by atoms with Crippen molar-refractivity contribution in [2.45, 2.75) is 57.6 Å². The Morgan fingerprint density at radius 3 is 2.35 bits per heavy atom. The molecule has 2 rings (SSSR count). The Kier molecular flexibility index (Phi) is 4.30. The van der Waals surface area contributed by atoms with Crippen LogP contribution in [-0.4, -0.2) is 43.5 Å². The number of nitrogens with one attached hydrogen (secondary N) is 1. The Morgan fingerprint density at radius 2 is 1.90 bits per heavy atom. The van der Waals surface area contributed by atoms with E-state index in [0.29, 0.717) is 12.8 Å². The summed E-state index contributed by atoms with van der Waals surface area (Å²) in [6.07, 6.45) is -4.68. The third-order valence-corrected chi connectivity index (χ3v) is 4.02. The van der Waals surface area contributed by atoms with Crippen LogP contribution >= 0.6 is 0 Å². The molecule has 0 aromatic heterocycles. The second-order valence-electron chi connectivity index (χ2n) is 5.76. The molecule has 3 unspecified atom stereocenters. The van der Waals surface area contributed by atoms with Crippen LogP contribution in [0.2, 0.25) is 0 Å². The largest absolute Gasteiger partial charge is 0.461 e. The van der Waals surface area contributed by atoms with E-state index in [1.807, 2.05) is 13.8 Å². The summed E-state index contributed by atoms with van der Waals surface area (Å²) in [7, 11) is 0.